The molecule has 3 aliphatic heterocycles. The van der Waals surface area contributed by atoms with Crippen LogP contribution in [0.5, 0.6) is 0 Å². The van der Waals surface area contributed by atoms with Gasteiger partial charge in [-0.15, -0.1) is 0 Å². The molecule has 0 spiro atoms. The Bertz CT molecular complexity index is 850. The summed E-state index contributed by atoms with van der Waals surface area (Å²) in [5, 5.41) is 3.28. The monoisotopic (exact) mass is 371 g/mol. The highest BCUT2D eigenvalue weighted by molar-refractivity contribution is 7.89. The van der Waals surface area contributed by atoms with Gasteiger partial charge in [0.25, 0.3) is 0 Å². The molecule has 1 N–H and O–H groups in total. The van der Waals surface area contributed by atoms with Crippen molar-refractivity contribution in [2.75, 3.05) is 13.1 Å². The zero-order valence-corrected chi connectivity index (χ0v) is 15.8. The maximum atomic E-state index is 12.8. The Morgan fingerprint density at radius 3 is 2.58 bits per heavy atom. The summed E-state index contributed by atoms with van der Waals surface area (Å²) >= 11 is 0. The lowest BCUT2D eigenvalue weighted by molar-refractivity contribution is 0.346. The second kappa shape index (κ2) is 6.93. The third-order valence-corrected chi connectivity index (χ3v) is 7.33. The van der Waals surface area contributed by atoms with Crippen LogP contribution >= 0.6 is 0 Å². The van der Waals surface area contributed by atoms with Crippen molar-refractivity contribution in [1.82, 2.24) is 14.5 Å². The van der Waals surface area contributed by atoms with Gasteiger partial charge in [0, 0.05) is 25.5 Å². The van der Waals surface area contributed by atoms with E-state index in [2.05, 4.69) is 41.7 Å². The molecule has 0 radical (unpaired) electrons. The summed E-state index contributed by atoms with van der Waals surface area (Å²) in [5.41, 5.74) is 2.33. The topological polar surface area (TPSA) is 52.7 Å². The average molecular weight is 372 g/mol. The first-order chi connectivity index (χ1) is 12.6. The van der Waals surface area contributed by atoms with Gasteiger partial charge in [-0.2, -0.15) is 4.31 Å². The summed E-state index contributed by atoms with van der Waals surface area (Å²) in [7, 11) is -3.36. The molecule has 6 heteroatoms. The van der Waals surface area contributed by atoms with Crippen LogP contribution in [0.2, 0.25) is 0 Å². The predicted molar refractivity (Wildman–Crippen MR) is 103 cm³/mol. The number of sulfonamides is 1. The molecule has 3 aliphatic rings. The fourth-order valence-electron chi connectivity index (χ4n) is 3.72. The average Bonchev–Trinajstić information content (AvgIpc) is 3.16. The van der Waals surface area contributed by atoms with Crippen molar-refractivity contribution in [2.24, 2.45) is 0 Å². The molecular formula is C20H25N3O2S. The third-order valence-electron chi connectivity index (χ3n) is 5.42. The first kappa shape index (κ1) is 17.4. The molecule has 0 aromatic heterocycles. The quantitative estimate of drug-likeness (QED) is 0.884. The summed E-state index contributed by atoms with van der Waals surface area (Å²) in [6, 6.07) is 7.77. The fraction of sp³-hybridized carbons (Fsp3) is 0.400. The maximum Gasteiger partial charge on any atom is 0.243 e. The van der Waals surface area contributed by atoms with Crippen LogP contribution in [0.15, 0.2) is 65.5 Å². The third kappa shape index (κ3) is 3.19. The molecule has 0 amide bonds. The molecule has 0 saturated carbocycles. The zero-order chi connectivity index (χ0) is 18.1. The van der Waals surface area contributed by atoms with E-state index < -0.39 is 10.0 Å². The fourth-order valence-corrected chi connectivity index (χ4v) is 5.24. The van der Waals surface area contributed by atoms with Gasteiger partial charge in [0.15, 0.2) is 0 Å². The van der Waals surface area contributed by atoms with Gasteiger partial charge in [-0.25, -0.2) is 8.42 Å². The van der Waals surface area contributed by atoms with Gasteiger partial charge < -0.3 is 10.2 Å². The van der Waals surface area contributed by atoms with Gasteiger partial charge in [-0.3, -0.25) is 0 Å². The molecule has 0 aliphatic carbocycles. The lowest BCUT2D eigenvalue weighted by atomic mass is 10.0. The van der Waals surface area contributed by atoms with E-state index in [-0.39, 0.29) is 12.1 Å². The standard InChI is InChI=1S/C20H25N3O2S/c1-16(22-14-10-20-18(15-22)9-11-21-20)17-5-7-19(8-6-17)26(24,25)23-12-3-2-4-13-23/h5-11,14-16,20-21H,2-4,12-13H2,1H3. The van der Waals surface area contributed by atoms with Crippen molar-refractivity contribution in [3.8, 4) is 0 Å². The zero-order valence-electron chi connectivity index (χ0n) is 15.0. The molecule has 138 valence electrons. The number of hydrogen-bond donors (Lipinski definition) is 1. The number of benzene rings is 1. The molecule has 2 unspecified atom stereocenters. The van der Waals surface area contributed by atoms with Crippen LogP contribution in [0, 0.1) is 0 Å². The molecule has 1 aromatic carbocycles. The molecule has 1 aromatic rings. The minimum absolute atomic E-state index is 0.139. The minimum atomic E-state index is -3.36. The van der Waals surface area contributed by atoms with Gasteiger partial charge in [-0.05, 0) is 61.4 Å². The smallest absolute Gasteiger partial charge is 0.243 e. The Morgan fingerprint density at radius 2 is 1.85 bits per heavy atom. The van der Waals surface area contributed by atoms with E-state index in [1.54, 1.807) is 16.4 Å². The van der Waals surface area contributed by atoms with Crippen molar-refractivity contribution in [1.29, 1.82) is 0 Å². The van der Waals surface area contributed by atoms with Crippen molar-refractivity contribution >= 4 is 10.0 Å². The molecule has 26 heavy (non-hydrogen) atoms. The van der Waals surface area contributed by atoms with Crippen molar-refractivity contribution in [3.63, 3.8) is 0 Å². The van der Waals surface area contributed by atoms with Crippen molar-refractivity contribution in [3.05, 3.63) is 66.2 Å². The Morgan fingerprint density at radius 1 is 1.12 bits per heavy atom. The van der Waals surface area contributed by atoms with E-state index in [9.17, 15) is 8.42 Å². The summed E-state index contributed by atoms with van der Waals surface area (Å²) in [6.07, 6.45) is 13.4. The van der Waals surface area contributed by atoms with E-state index in [0.29, 0.717) is 18.0 Å². The number of hydrogen-bond acceptors (Lipinski definition) is 4. The Labute approximate surface area is 155 Å². The highest BCUT2D eigenvalue weighted by Crippen LogP contribution is 2.28. The van der Waals surface area contributed by atoms with Crippen LogP contribution in [-0.4, -0.2) is 36.8 Å². The van der Waals surface area contributed by atoms with Crippen molar-refractivity contribution < 1.29 is 8.42 Å². The summed E-state index contributed by atoms with van der Waals surface area (Å²) < 4.78 is 27.2. The Kier molecular flexibility index (Phi) is 4.63. The first-order valence-electron chi connectivity index (χ1n) is 9.26. The molecule has 1 fully saturated rings. The number of rotatable bonds is 4. The van der Waals surface area contributed by atoms with Crippen LogP contribution < -0.4 is 5.32 Å². The Balaban J connectivity index is 1.51. The molecule has 1 saturated heterocycles. The van der Waals surface area contributed by atoms with Gasteiger partial charge in [0.1, 0.15) is 0 Å². The molecule has 3 heterocycles. The molecule has 0 bridgehead atoms. The van der Waals surface area contributed by atoms with E-state index in [1.807, 2.05) is 18.3 Å². The highest BCUT2D eigenvalue weighted by Gasteiger charge is 2.26. The van der Waals surface area contributed by atoms with Crippen LogP contribution in [-0.2, 0) is 10.0 Å². The second-order valence-electron chi connectivity index (χ2n) is 7.11. The lowest BCUT2D eigenvalue weighted by Crippen LogP contribution is -2.35. The minimum Gasteiger partial charge on any atom is -0.380 e. The molecule has 2 atom stereocenters. The predicted octanol–water partition coefficient (Wildman–Crippen LogP) is 3.12. The van der Waals surface area contributed by atoms with Crippen molar-refractivity contribution in [2.45, 2.75) is 43.2 Å². The number of nitrogens with one attached hydrogen (secondary N) is 1. The second-order valence-corrected chi connectivity index (χ2v) is 9.04. The van der Waals surface area contributed by atoms with Gasteiger partial charge in [0.2, 0.25) is 10.0 Å². The largest absolute Gasteiger partial charge is 0.380 e. The Hall–Kier alpha value is -2.05. The molecular weight excluding hydrogens is 346 g/mol. The van der Waals surface area contributed by atoms with E-state index >= 15 is 0 Å². The van der Waals surface area contributed by atoms with Crippen LogP contribution in [0.1, 0.15) is 37.8 Å². The summed E-state index contributed by atoms with van der Waals surface area (Å²) in [5.74, 6) is 0. The number of nitrogens with zero attached hydrogens (tertiary/aromatic N) is 2. The van der Waals surface area contributed by atoms with Gasteiger partial charge >= 0.3 is 0 Å². The van der Waals surface area contributed by atoms with Crippen LogP contribution in [0.3, 0.4) is 0 Å². The van der Waals surface area contributed by atoms with Gasteiger partial charge in [-0.1, -0.05) is 18.6 Å². The highest BCUT2D eigenvalue weighted by atomic mass is 32.2. The van der Waals surface area contributed by atoms with E-state index in [0.717, 1.165) is 24.8 Å². The first-order valence-corrected chi connectivity index (χ1v) is 10.7. The molecule has 4 rings (SSSR count). The van der Waals surface area contributed by atoms with Gasteiger partial charge in [0.05, 0.1) is 17.0 Å². The maximum absolute atomic E-state index is 12.8. The SMILES string of the molecule is CC(c1ccc(S(=O)(=O)N2CCCCC2)cc1)N1C=CC2NC=CC2=C1. The molecule has 5 nitrogen and oxygen atoms in total. The lowest BCUT2D eigenvalue weighted by Gasteiger charge is -2.29. The van der Waals surface area contributed by atoms with E-state index in [4.69, 9.17) is 0 Å². The number of fused-ring (bicyclic) bond motifs is 1. The van der Waals surface area contributed by atoms with Crippen LogP contribution in [0.4, 0.5) is 0 Å². The van der Waals surface area contributed by atoms with E-state index in [1.165, 1.54) is 5.57 Å². The number of piperidine rings is 1. The summed E-state index contributed by atoms with van der Waals surface area (Å²) in [4.78, 5) is 2.56. The van der Waals surface area contributed by atoms with Crippen LogP contribution in [0.25, 0.3) is 0 Å². The summed E-state index contributed by atoms with van der Waals surface area (Å²) in [6.45, 7) is 3.40. The normalized spacial score (nSPS) is 24.1.